The molecule has 0 spiro atoms. The summed E-state index contributed by atoms with van der Waals surface area (Å²) in [5.41, 5.74) is 0.813. The standard InChI is InChI=1S/C22H12Cl2N4O2S2/c23-12-5-8-14(9-6-12)31-18-10-7-13(30-18)11-16-19(25)28-22(26-20(16)29)32-21(27-28)15-3-1-2-4-17(15)24/h1-11,25H/b16-11+,25-19?. The molecule has 10 heteroatoms. The monoisotopic (exact) mass is 498 g/mol. The first-order chi connectivity index (χ1) is 15.5. The fourth-order valence-electron chi connectivity index (χ4n) is 2.96. The highest BCUT2D eigenvalue weighted by atomic mass is 35.5. The lowest BCUT2D eigenvalue weighted by atomic mass is 10.1. The van der Waals surface area contributed by atoms with Gasteiger partial charge in [0.25, 0.3) is 5.91 Å². The Kier molecular flexibility index (Phi) is 5.69. The Labute approximate surface area is 201 Å². The van der Waals surface area contributed by atoms with Gasteiger partial charge in [-0.05, 0) is 60.3 Å². The molecule has 0 saturated heterocycles. The van der Waals surface area contributed by atoms with Gasteiger partial charge in [0.2, 0.25) is 5.17 Å². The van der Waals surface area contributed by atoms with E-state index in [0.29, 0.717) is 31.1 Å². The lowest BCUT2D eigenvalue weighted by Gasteiger charge is -2.19. The molecule has 3 aromatic rings. The number of furan rings is 1. The average molecular weight is 499 g/mol. The number of nitrogens with zero attached hydrogens (tertiary/aromatic N) is 3. The van der Waals surface area contributed by atoms with Crippen LogP contribution in [0.3, 0.4) is 0 Å². The van der Waals surface area contributed by atoms with Crippen LogP contribution in [0.4, 0.5) is 0 Å². The van der Waals surface area contributed by atoms with Crippen molar-refractivity contribution in [2.24, 2.45) is 10.1 Å². The molecule has 2 aliphatic heterocycles. The second-order valence-corrected chi connectivity index (χ2v) is 9.50. The van der Waals surface area contributed by atoms with Gasteiger partial charge in [-0.1, -0.05) is 53.2 Å². The molecule has 2 aromatic carbocycles. The van der Waals surface area contributed by atoms with E-state index in [9.17, 15) is 4.79 Å². The van der Waals surface area contributed by atoms with Crippen molar-refractivity contribution in [2.75, 3.05) is 0 Å². The van der Waals surface area contributed by atoms with E-state index in [4.69, 9.17) is 33.0 Å². The van der Waals surface area contributed by atoms with Crippen molar-refractivity contribution in [1.82, 2.24) is 5.01 Å². The van der Waals surface area contributed by atoms with Gasteiger partial charge in [-0.25, -0.2) is 0 Å². The van der Waals surface area contributed by atoms with E-state index in [1.165, 1.54) is 34.6 Å². The van der Waals surface area contributed by atoms with Crippen molar-refractivity contribution in [3.05, 3.63) is 87.6 Å². The van der Waals surface area contributed by atoms with Crippen molar-refractivity contribution in [1.29, 1.82) is 5.41 Å². The van der Waals surface area contributed by atoms with Crippen LogP contribution in [0.2, 0.25) is 10.0 Å². The number of aliphatic imine (C=N–C) groups is 1. The SMILES string of the molecule is N=C1/C(=C\c2ccc(Sc3ccc(Cl)cc3)o2)C(=O)N=C2SC(c3ccccc3Cl)=NN12. The van der Waals surface area contributed by atoms with E-state index in [-0.39, 0.29) is 11.4 Å². The summed E-state index contributed by atoms with van der Waals surface area (Å²) in [6.07, 6.45) is 1.50. The minimum absolute atomic E-state index is 0.0714. The molecule has 0 saturated carbocycles. The molecule has 1 N–H and O–H groups in total. The molecule has 0 radical (unpaired) electrons. The molecule has 3 heterocycles. The molecule has 2 aliphatic rings. The minimum Gasteiger partial charge on any atom is -0.450 e. The molecule has 6 nitrogen and oxygen atoms in total. The van der Waals surface area contributed by atoms with E-state index in [1.54, 1.807) is 30.3 Å². The Hall–Kier alpha value is -2.78. The highest BCUT2D eigenvalue weighted by Crippen LogP contribution is 2.34. The first kappa shape index (κ1) is 21.1. The number of amides is 1. The van der Waals surface area contributed by atoms with Gasteiger partial charge in [0.05, 0.1) is 10.6 Å². The molecular weight excluding hydrogens is 487 g/mol. The minimum atomic E-state index is -0.521. The number of carbonyl (C=O) groups is 1. The largest absolute Gasteiger partial charge is 0.450 e. The third-order valence-corrected chi connectivity index (χ3v) is 6.93. The Bertz CT molecular complexity index is 1350. The summed E-state index contributed by atoms with van der Waals surface area (Å²) in [7, 11) is 0. The molecule has 32 heavy (non-hydrogen) atoms. The second-order valence-electron chi connectivity index (χ2n) is 6.62. The van der Waals surface area contributed by atoms with E-state index < -0.39 is 5.91 Å². The van der Waals surface area contributed by atoms with Crippen molar-refractivity contribution in [3.63, 3.8) is 0 Å². The molecule has 0 unspecified atom stereocenters. The molecule has 1 aromatic heterocycles. The van der Waals surface area contributed by atoms with Gasteiger partial charge in [0, 0.05) is 15.5 Å². The number of hydrogen-bond donors (Lipinski definition) is 1. The lowest BCUT2D eigenvalue weighted by Crippen LogP contribution is -2.35. The van der Waals surface area contributed by atoms with Crippen LogP contribution in [0.5, 0.6) is 0 Å². The van der Waals surface area contributed by atoms with E-state index in [2.05, 4.69) is 10.1 Å². The van der Waals surface area contributed by atoms with E-state index >= 15 is 0 Å². The molecule has 5 rings (SSSR count). The van der Waals surface area contributed by atoms with Gasteiger partial charge in [0.1, 0.15) is 10.8 Å². The Balaban J connectivity index is 1.39. The number of rotatable bonds is 4. The maximum absolute atomic E-state index is 12.6. The Morgan fingerprint density at radius 1 is 1.06 bits per heavy atom. The number of hydrazone groups is 1. The molecule has 158 valence electrons. The van der Waals surface area contributed by atoms with Gasteiger partial charge in [-0.3, -0.25) is 10.2 Å². The van der Waals surface area contributed by atoms with E-state index in [1.807, 2.05) is 30.3 Å². The average Bonchev–Trinajstić information content (AvgIpc) is 3.40. The number of thioether (sulfide) groups is 1. The zero-order chi connectivity index (χ0) is 22.2. The van der Waals surface area contributed by atoms with Gasteiger partial charge in [-0.15, -0.1) is 0 Å². The maximum atomic E-state index is 12.6. The van der Waals surface area contributed by atoms with Crippen LogP contribution in [0.25, 0.3) is 6.08 Å². The van der Waals surface area contributed by atoms with Crippen molar-refractivity contribution < 1.29 is 9.21 Å². The molecular formula is C22H12Cl2N4O2S2. The maximum Gasteiger partial charge on any atom is 0.283 e. The second kappa shape index (κ2) is 8.63. The number of halogens is 2. The van der Waals surface area contributed by atoms with Crippen molar-refractivity contribution in [3.8, 4) is 0 Å². The Morgan fingerprint density at radius 3 is 2.62 bits per heavy atom. The van der Waals surface area contributed by atoms with Crippen molar-refractivity contribution in [2.45, 2.75) is 9.99 Å². The van der Waals surface area contributed by atoms with E-state index in [0.717, 1.165) is 10.5 Å². The first-order valence-corrected chi connectivity index (χ1v) is 11.7. The molecule has 1 amide bonds. The van der Waals surface area contributed by atoms with Gasteiger partial charge in [-0.2, -0.15) is 15.1 Å². The van der Waals surface area contributed by atoms with Gasteiger partial charge in [0.15, 0.2) is 10.9 Å². The summed E-state index contributed by atoms with van der Waals surface area (Å²) in [5.74, 6) is -0.152. The summed E-state index contributed by atoms with van der Waals surface area (Å²) < 4.78 is 5.81. The lowest BCUT2D eigenvalue weighted by molar-refractivity contribution is -0.114. The first-order valence-electron chi connectivity index (χ1n) is 9.26. The van der Waals surface area contributed by atoms with Crippen LogP contribution in [0.1, 0.15) is 11.3 Å². The predicted octanol–water partition coefficient (Wildman–Crippen LogP) is 6.41. The number of carbonyl (C=O) groups excluding carboxylic acids is 1. The highest BCUT2D eigenvalue weighted by Gasteiger charge is 2.36. The number of nitrogens with one attached hydrogen (secondary N) is 1. The van der Waals surface area contributed by atoms with Crippen LogP contribution in [0, 0.1) is 5.41 Å². The molecule has 0 aliphatic carbocycles. The third kappa shape index (κ3) is 4.14. The number of amidine groups is 2. The fourth-order valence-corrected chi connectivity index (χ4v) is 5.08. The summed E-state index contributed by atoms with van der Waals surface area (Å²) in [6, 6.07) is 18.2. The van der Waals surface area contributed by atoms with Crippen LogP contribution < -0.4 is 0 Å². The molecule has 0 atom stereocenters. The van der Waals surface area contributed by atoms with Crippen molar-refractivity contribution >= 4 is 74.8 Å². The van der Waals surface area contributed by atoms with Crippen LogP contribution in [0.15, 0.2) is 90.7 Å². The molecule has 0 bridgehead atoms. The normalized spacial score (nSPS) is 16.9. The number of benzene rings is 2. The van der Waals surface area contributed by atoms with Crippen LogP contribution in [-0.4, -0.2) is 27.0 Å². The summed E-state index contributed by atoms with van der Waals surface area (Å²) in [4.78, 5) is 17.7. The quantitative estimate of drug-likeness (QED) is 0.420. The summed E-state index contributed by atoms with van der Waals surface area (Å²) in [6.45, 7) is 0. The van der Waals surface area contributed by atoms with Crippen LogP contribution in [-0.2, 0) is 4.79 Å². The number of fused-ring (bicyclic) bond motifs is 1. The zero-order valence-corrected chi connectivity index (χ0v) is 19.2. The predicted molar refractivity (Wildman–Crippen MR) is 130 cm³/mol. The highest BCUT2D eigenvalue weighted by molar-refractivity contribution is 8.27. The van der Waals surface area contributed by atoms with Crippen LogP contribution >= 0.6 is 46.7 Å². The smallest absolute Gasteiger partial charge is 0.283 e. The molecule has 0 fully saturated rings. The summed E-state index contributed by atoms with van der Waals surface area (Å²) >= 11 is 14.8. The third-order valence-electron chi connectivity index (χ3n) is 4.48. The number of hydrogen-bond acceptors (Lipinski definition) is 6. The fraction of sp³-hybridized carbons (Fsp3) is 0. The summed E-state index contributed by atoms with van der Waals surface area (Å²) in [5, 5.41) is 17.0. The van der Waals surface area contributed by atoms with Gasteiger partial charge >= 0.3 is 0 Å². The zero-order valence-electron chi connectivity index (χ0n) is 16.1. The topological polar surface area (TPSA) is 82.0 Å². The van der Waals surface area contributed by atoms with Gasteiger partial charge < -0.3 is 4.42 Å². The Morgan fingerprint density at radius 2 is 1.84 bits per heavy atom.